The Morgan fingerprint density at radius 3 is 1.18 bits per heavy atom. The van der Waals surface area contributed by atoms with Gasteiger partial charge in [0.1, 0.15) is 0 Å². The van der Waals surface area contributed by atoms with Crippen molar-refractivity contribution < 1.29 is 10.0 Å². The van der Waals surface area contributed by atoms with Gasteiger partial charge >= 0.3 is 7.12 Å². The van der Waals surface area contributed by atoms with Crippen LogP contribution in [0.2, 0.25) is 0 Å². The van der Waals surface area contributed by atoms with Gasteiger partial charge < -0.3 is 10.0 Å². The molecule has 0 saturated carbocycles. The van der Waals surface area contributed by atoms with E-state index in [1.807, 2.05) is 12.1 Å². The van der Waals surface area contributed by atoms with Gasteiger partial charge in [-0.15, -0.1) is 0 Å². The molecule has 94 heavy (non-hydrogen) atoms. The van der Waals surface area contributed by atoms with Crippen LogP contribution in [-0.2, 0) is 10.8 Å². The molecule has 0 heterocycles. The lowest BCUT2D eigenvalue weighted by Gasteiger charge is -2.40. The van der Waals surface area contributed by atoms with Crippen LogP contribution in [0, 0.1) is 47.3 Å². The molecule has 8 atom stereocenters. The van der Waals surface area contributed by atoms with Gasteiger partial charge in [0.25, 0.3) is 0 Å². The highest BCUT2D eigenvalue weighted by Crippen LogP contribution is 2.53. The fraction of sp³-hybridized carbons (Fsp3) is 0.156. The monoisotopic (exact) mass is 1280 g/mol. The van der Waals surface area contributed by atoms with E-state index in [4.69, 9.17) is 0 Å². The average molecular weight is 1280 g/mol. The zero-order chi connectivity index (χ0) is 63.8. The molecule has 10 aromatic carbocycles. The Bertz CT molecular complexity index is 5030. The van der Waals surface area contributed by atoms with Gasteiger partial charge in [-0.1, -0.05) is 311 Å². The minimum absolute atomic E-state index is 0.00659. The van der Waals surface area contributed by atoms with E-state index in [1.165, 1.54) is 116 Å². The van der Waals surface area contributed by atoms with Crippen LogP contribution in [0.15, 0.2) is 320 Å². The highest BCUT2D eigenvalue weighted by Gasteiger charge is 2.40. The molecule has 10 aromatic rings. The van der Waals surface area contributed by atoms with Crippen LogP contribution in [0.3, 0.4) is 0 Å². The fourth-order valence-electron chi connectivity index (χ4n) is 16.7. The number of halogens is 1. The summed E-state index contributed by atoms with van der Waals surface area (Å²) in [6.07, 6.45) is 41.0. The summed E-state index contributed by atoms with van der Waals surface area (Å²) in [5, 5.41) is 24.0. The summed E-state index contributed by atoms with van der Waals surface area (Å²) in [5.74, 6) is 3.60. The molecule has 0 aliphatic heterocycles. The van der Waals surface area contributed by atoms with E-state index in [-0.39, 0.29) is 10.8 Å². The van der Waals surface area contributed by atoms with Gasteiger partial charge in [-0.25, -0.2) is 0 Å². The van der Waals surface area contributed by atoms with E-state index < -0.39 is 7.12 Å². The molecule has 8 unspecified atom stereocenters. The molecule has 456 valence electrons. The molecule has 0 spiro atoms. The lowest BCUT2D eigenvalue weighted by molar-refractivity contribution is 0.357. The summed E-state index contributed by atoms with van der Waals surface area (Å²) in [5.41, 5.74) is 24.6. The molecule has 8 aliphatic rings. The van der Waals surface area contributed by atoms with Crippen LogP contribution < -0.4 is 5.46 Å². The number of benzene rings is 10. The maximum absolute atomic E-state index is 9.46. The highest BCUT2D eigenvalue weighted by atomic mass is 79.9. The number of allylic oxidation sites excluding steroid dienone is 20. The van der Waals surface area contributed by atoms with Crippen molar-refractivity contribution in [3.8, 4) is 55.6 Å². The Morgan fingerprint density at radius 1 is 0.309 bits per heavy atom. The van der Waals surface area contributed by atoms with Crippen LogP contribution >= 0.6 is 15.9 Å². The molecule has 18 rings (SSSR count). The van der Waals surface area contributed by atoms with E-state index in [9.17, 15) is 10.0 Å². The Morgan fingerprint density at radius 2 is 0.681 bits per heavy atom. The van der Waals surface area contributed by atoms with Gasteiger partial charge in [-0.05, 0) is 199 Å². The van der Waals surface area contributed by atoms with E-state index in [1.54, 1.807) is 6.07 Å². The number of hydrogen-bond donors (Lipinski definition) is 2. The quantitative estimate of drug-likeness (QED) is 0.163. The summed E-state index contributed by atoms with van der Waals surface area (Å²) in [4.78, 5) is 0. The number of rotatable bonds is 6. The second-order valence-electron chi connectivity index (χ2n) is 27.8. The van der Waals surface area contributed by atoms with Crippen LogP contribution in [0.4, 0.5) is 0 Å². The first kappa shape index (κ1) is 59.6. The number of fused-ring (bicyclic) bond motifs is 14. The van der Waals surface area contributed by atoms with Gasteiger partial charge in [0.2, 0.25) is 0 Å². The van der Waals surface area contributed by atoms with Gasteiger partial charge in [-0.2, -0.15) is 0 Å². The fourth-order valence-corrected chi connectivity index (χ4v) is 17.1. The van der Waals surface area contributed by atoms with Crippen LogP contribution in [0.25, 0.3) is 88.3 Å². The van der Waals surface area contributed by atoms with E-state index >= 15 is 0 Å². The van der Waals surface area contributed by atoms with Gasteiger partial charge in [-0.3, -0.25) is 0 Å². The van der Waals surface area contributed by atoms with Crippen molar-refractivity contribution in [2.45, 2.75) is 38.5 Å². The molecular formula is C90H74BBrO2. The van der Waals surface area contributed by atoms with Crippen molar-refractivity contribution in [3.63, 3.8) is 0 Å². The molecule has 2 N–H and O–H groups in total. The summed E-state index contributed by atoms with van der Waals surface area (Å²) in [7, 11) is -1.43. The summed E-state index contributed by atoms with van der Waals surface area (Å²) in [6.45, 7) is 9.37. The first-order chi connectivity index (χ1) is 45.8. The van der Waals surface area contributed by atoms with Crippen LogP contribution in [0.1, 0.15) is 61.1 Å². The Balaban J connectivity index is 0.000000121. The van der Waals surface area contributed by atoms with Crippen molar-refractivity contribution >= 4 is 61.2 Å². The predicted octanol–water partition coefficient (Wildman–Crippen LogP) is 21.6. The van der Waals surface area contributed by atoms with E-state index in [2.05, 4.69) is 341 Å². The minimum atomic E-state index is -1.43. The zero-order valence-electron chi connectivity index (χ0n) is 53.5. The molecule has 8 aliphatic carbocycles. The van der Waals surface area contributed by atoms with Crippen molar-refractivity contribution in [2.75, 3.05) is 0 Å². The molecule has 4 heteroatoms. The molecule has 0 aromatic heterocycles. The summed E-state index contributed by atoms with van der Waals surface area (Å²) in [6, 6.07) is 75.5. The molecule has 0 saturated heterocycles. The third-order valence-electron chi connectivity index (χ3n) is 21.7. The van der Waals surface area contributed by atoms with E-state index in [0.29, 0.717) is 52.8 Å². The first-order valence-corrected chi connectivity index (χ1v) is 34.3. The van der Waals surface area contributed by atoms with Crippen molar-refractivity contribution in [1.29, 1.82) is 0 Å². The van der Waals surface area contributed by atoms with Gasteiger partial charge in [0.05, 0.1) is 0 Å². The average Bonchev–Trinajstić information content (AvgIpc) is 1.56. The van der Waals surface area contributed by atoms with Crippen molar-refractivity contribution in [2.24, 2.45) is 47.3 Å². The highest BCUT2D eigenvalue weighted by molar-refractivity contribution is 9.10. The Hall–Kier alpha value is -9.42. The standard InChI is InChI=1S/C45H36.C25H19Br.C20H19BO2/c1-45(2)43-17-8-7-16-40(43)41-23-22-34(28-44(41)45)33-21-20-31-24-30(18-19-32(31)25-33)29-11-9-12-35(26-29)42-27-36-10-3-4-13-37(36)38-14-5-6-15-39(38)42;1-25(2)23-6-4-3-5-21(23)22-12-10-19(15-24(22)25)16-7-8-18-14-20(26)11-9-17(18)13-16;22-21(23)16-8-5-7-14(12-16)20-13-15-6-1-2-9-17(15)18-10-3-4-11-19(18)20/h3-28,36-39H,1-2H3;3-15H,1-2H3;1-13,15,17-19,22-23H. The lowest BCUT2D eigenvalue weighted by Crippen LogP contribution is -2.33. The molecule has 0 radical (unpaired) electrons. The Labute approximate surface area is 562 Å². The summed E-state index contributed by atoms with van der Waals surface area (Å²) >= 11 is 3.56. The van der Waals surface area contributed by atoms with Crippen molar-refractivity contribution in [3.05, 3.63) is 353 Å². The second kappa shape index (κ2) is 24.2. The SMILES string of the molecule is CC1(C)c2ccccc2-c2ccc(-c3ccc4cc(-c5cccc(C6=CC7C=CC=CC7C7C=CC=CC67)c5)ccc4c3)cc21.CC1(C)c2ccccc2-c2ccc(-c3ccc4cc(Br)ccc4c3)cc21.OB(O)c1cccc(C2=CC3C=CC=CC3C3C=CC=CC23)c1. The zero-order valence-corrected chi connectivity index (χ0v) is 55.1. The van der Waals surface area contributed by atoms with Crippen LogP contribution in [0.5, 0.6) is 0 Å². The Kier molecular flexibility index (Phi) is 15.3. The third-order valence-corrected chi connectivity index (χ3v) is 22.2. The minimum Gasteiger partial charge on any atom is -0.423 e. The molecule has 2 nitrogen and oxygen atoms in total. The number of hydrogen-bond acceptors (Lipinski definition) is 2. The van der Waals surface area contributed by atoms with E-state index in [0.717, 1.165) is 10.0 Å². The maximum atomic E-state index is 9.46. The largest absolute Gasteiger partial charge is 0.488 e. The lowest BCUT2D eigenvalue weighted by atomic mass is 9.63. The maximum Gasteiger partial charge on any atom is 0.488 e. The molecule has 0 amide bonds. The smallest absolute Gasteiger partial charge is 0.423 e. The second-order valence-corrected chi connectivity index (χ2v) is 28.7. The van der Waals surface area contributed by atoms with Gasteiger partial charge in [0.15, 0.2) is 0 Å². The van der Waals surface area contributed by atoms with Crippen LogP contribution in [-0.4, -0.2) is 17.2 Å². The third kappa shape index (κ3) is 10.7. The molecule has 0 fully saturated rings. The predicted molar refractivity (Wildman–Crippen MR) is 400 cm³/mol. The molecule has 0 bridgehead atoms. The topological polar surface area (TPSA) is 40.5 Å². The normalized spacial score (nSPS) is 22.6. The summed E-state index contributed by atoms with van der Waals surface area (Å²) < 4.78 is 1.12. The van der Waals surface area contributed by atoms with Gasteiger partial charge in [0, 0.05) is 39.0 Å². The molecular weight excluding hydrogens is 1200 g/mol. The van der Waals surface area contributed by atoms with Crippen molar-refractivity contribution in [1.82, 2.24) is 0 Å². The first-order valence-electron chi connectivity index (χ1n) is 33.5.